The molecule has 0 spiro atoms. The number of likely N-dealkylation sites (tertiary alicyclic amines) is 1. The number of nitrogens with zero attached hydrogens (tertiary/aromatic N) is 3. The minimum Gasteiger partial charge on any atom is -0.365 e. The van der Waals surface area contributed by atoms with E-state index in [1.807, 2.05) is 13.8 Å². The molecule has 8 heteroatoms. The van der Waals surface area contributed by atoms with Crippen molar-refractivity contribution in [2.75, 3.05) is 11.9 Å². The molecule has 2 rings (SSSR count). The van der Waals surface area contributed by atoms with Crippen LogP contribution in [0.25, 0.3) is 0 Å². The zero-order chi connectivity index (χ0) is 17.4. The van der Waals surface area contributed by atoms with Crippen LogP contribution in [-0.2, 0) is 4.79 Å². The summed E-state index contributed by atoms with van der Waals surface area (Å²) in [6.45, 7) is 6.67. The fraction of sp³-hybridized carbons (Fsp3) is 0.667. The Hall–Kier alpha value is -1.86. The Labute approximate surface area is 133 Å². The zero-order valence-corrected chi connectivity index (χ0v) is 13.7. The number of hydrogen-bond acceptors (Lipinski definition) is 4. The molecule has 1 aliphatic heterocycles. The van der Waals surface area contributed by atoms with E-state index in [4.69, 9.17) is 0 Å². The summed E-state index contributed by atoms with van der Waals surface area (Å²) in [4.78, 5) is 21.1. The van der Waals surface area contributed by atoms with Crippen LogP contribution in [0.3, 0.4) is 0 Å². The first kappa shape index (κ1) is 17.5. The molecule has 0 radical (unpaired) electrons. The molecule has 1 amide bonds. The van der Waals surface area contributed by atoms with Gasteiger partial charge in [0.25, 0.3) is 0 Å². The van der Waals surface area contributed by atoms with Gasteiger partial charge in [-0.3, -0.25) is 4.79 Å². The number of aromatic nitrogens is 2. The van der Waals surface area contributed by atoms with E-state index in [0.717, 1.165) is 16.2 Å². The number of piperidine rings is 1. The fourth-order valence-electron chi connectivity index (χ4n) is 2.88. The Bertz CT molecular complexity index is 603. The van der Waals surface area contributed by atoms with Crippen LogP contribution in [0.1, 0.15) is 36.8 Å². The van der Waals surface area contributed by atoms with Gasteiger partial charge in [-0.2, -0.15) is 13.2 Å². The van der Waals surface area contributed by atoms with Crippen LogP contribution in [-0.4, -0.2) is 45.6 Å². The lowest BCUT2D eigenvalue weighted by Gasteiger charge is -2.40. The second-order valence-corrected chi connectivity index (χ2v) is 5.98. The number of amides is 1. The number of carbonyl (C=O) groups excluding carboxylic acids is 1. The number of nitrogens with one attached hydrogen (secondary N) is 1. The second-order valence-electron chi connectivity index (χ2n) is 5.98. The molecule has 2 unspecified atom stereocenters. The van der Waals surface area contributed by atoms with E-state index < -0.39 is 18.1 Å². The minimum absolute atomic E-state index is 0.0149. The molecule has 128 valence electrons. The maximum absolute atomic E-state index is 13.0. The number of halogens is 3. The lowest BCUT2D eigenvalue weighted by atomic mass is 9.97. The van der Waals surface area contributed by atoms with Crippen molar-refractivity contribution in [1.82, 2.24) is 14.9 Å². The zero-order valence-electron chi connectivity index (χ0n) is 13.7. The van der Waals surface area contributed by atoms with Gasteiger partial charge in [-0.25, -0.2) is 9.97 Å². The monoisotopic (exact) mass is 330 g/mol. The molecule has 2 heterocycles. The van der Waals surface area contributed by atoms with E-state index in [9.17, 15) is 18.0 Å². The van der Waals surface area contributed by atoms with Crippen LogP contribution in [0.5, 0.6) is 0 Å². The lowest BCUT2D eigenvalue weighted by Crippen LogP contribution is -2.55. The van der Waals surface area contributed by atoms with E-state index >= 15 is 0 Å². The summed E-state index contributed by atoms with van der Waals surface area (Å²) in [7, 11) is 0. The van der Waals surface area contributed by atoms with Crippen LogP contribution >= 0.6 is 0 Å². The number of rotatable bonds is 2. The fourth-order valence-corrected chi connectivity index (χ4v) is 2.88. The van der Waals surface area contributed by atoms with Crippen molar-refractivity contribution in [2.45, 2.75) is 58.8 Å². The average Bonchev–Trinajstić information content (AvgIpc) is 2.43. The Morgan fingerprint density at radius 3 is 2.43 bits per heavy atom. The molecule has 1 aliphatic rings. The smallest absolute Gasteiger partial charge is 0.365 e. The van der Waals surface area contributed by atoms with E-state index in [0.29, 0.717) is 18.1 Å². The Kier molecular flexibility index (Phi) is 4.81. The number of alkyl halides is 3. The van der Waals surface area contributed by atoms with E-state index in [1.165, 1.54) is 6.92 Å². The number of aryl methyl sites for hydroxylation is 2. The van der Waals surface area contributed by atoms with Crippen LogP contribution < -0.4 is 5.32 Å². The molecule has 1 saturated heterocycles. The quantitative estimate of drug-likeness (QED) is 0.906. The molecule has 0 bridgehead atoms. The van der Waals surface area contributed by atoms with Gasteiger partial charge in [0.2, 0.25) is 5.91 Å². The molecular weight excluding hydrogens is 309 g/mol. The van der Waals surface area contributed by atoms with Crippen molar-refractivity contribution >= 4 is 11.7 Å². The first-order valence-corrected chi connectivity index (χ1v) is 7.52. The summed E-state index contributed by atoms with van der Waals surface area (Å²) < 4.78 is 39.1. The van der Waals surface area contributed by atoms with Gasteiger partial charge in [0.1, 0.15) is 17.7 Å². The molecule has 1 aromatic rings. The second kappa shape index (κ2) is 6.33. The van der Waals surface area contributed by atoms with Crippen LogP contribution in [0.15, 0.2) is 0 Å². The molecule has 1 fully saturated rings. The normalized spacial score (nSPS) is 22.1. The molecule has 2 atom stereocenters. The van der Waals surface area contributed by atoms with Crippen molar-refractivity contribution in [3.05, 3.63) is 17.1 Å². The minimum atomic E-state index is -4.39. The highest BCUT2D eigenvalue weighted by molar-refractivity contribution is 5.74. The molecule has 1 aromatic heterocycles. The molecule has 1 N–H and O–H groups in total. The van der Waals surface area contributed by atoms with Gasteiger partial charge in [-0.1, -0.05) is 0 Å². The predicted octanol–water partition coefficient (Wildman–Crippen LogP) is 2.76. The summed E-state index contributed by atoms with van der Waals surface area (Å²) in [5, 5.41) is 3.18. The van der Waals surface area contributed by atoms with Gasteiger partial charge in [-0.15, -0.1) is 0 Å². The van der Waals surface area contributed by atoms with Gasteiger partial charge >= 0.3 is 6.18 Å². The largest absolute Gasteiger partial charge is 0.408 e. The molecular formula is C15H21F3N4O. The highest BCUT2D eigenvalue weighted by Gasteiger charge is 2.47. The highest BCUT2D eigenvalue weighted by Crippen LogP contribution is 2.33. The SMILES string of the molecule is CC(=O)N1CC(Nc2nc(C)nc(C)c2C)CCC1C(F)(F)F. The molecule has 0 aliphatic carbocycles. The first-order valence-electron chi connectivity index (χ1n) is 7.52. The van der Waals surface area contributed by atoms with Crippen LogP contribution in [0, 0.1) is 20.8 Å². The Morgan fingerprint density at radius 2 is 1.87 bits per heavy atom. The maximum Gasteiger partial charge on any atom is 0.408 e. The first-order chi connectivity index (χ1) is 10.6. The maximum atomic E-state index is 13.0. The summed E-state index contributed by atoms with van der Waals surface area (Å²) in [6, 6.07) is -1.96. The van der Waals surface area contributed by atoms with Crippen molar-refractivity contribution in [3.63, 3.8) is 0 Å². The van der Waals surface area contributed by atoms with E-state index in [1.54, 1.807) is 6.92 Å². The van der Waals surface area contributed by atoms with Gasteiger partial charge in [0, 0.05) is 30.8 Å². The topological polar surface area (TPSA) is 58.1 Å². The molecule has 0 aromatic carbocycles. The number of carbonyl (C=O) groups is 1. The Balaban J connectivity index is 2.16. The summed E-state index contributed by atoms with van der Waals surface area (Å²) in [6.07, 6.45) is -4.17. The van der Waals surface area contributed by atoms with Gasteiger partial charge in [0.05, 0.1) is 0 Å². The van der Waals surface area contributed by atoms with Crippen LogP contribution in [0.4, 0.5) is 19.0 Å². The van der Waals surface area contributed by atoms with E-state index in [2.05, 4.69) is 15.3 Å². The van der Waals surface area contributed by atoms with Crippen molar-refractivity contribution in [2.24, 2.45) is 0 Å². The Morgan fingerprint density at radius 1 is 1.22 bits per heavy atom. The third-order valence-corrected chi connectivity index (χ3v) is 4.21. The molecule has 5 nitrogen and oxygen atoms in total. The molecule has 0 saturated carbocycles. The van der Waals surface area contributed by atoms with E-state index in [-0.39, 0.29) is 19.0 Å². The van der Waals surface area contributed by atoms with Crippen molar-refractivity contribution in [3.8, 4) is 0 Å². The third kappa shape index (κ3) is 3.92. The predicted molar refractivity (Wildman–Crippen MR) is 80.1 cm³/mol. The number of anilines is 1. The summed E-state index contributed by atoms with van der Waals surface area (Å²) >= 11 is 0. The lowest BCUT2D eigenvalue weighted by molar-refractivity contribution is -0.195. The summed E-state index contributed by atoms with van der Waals surface area (Å²) in [5.41, 5.74) is 1.69. The third-order valence-electron chi connectivity index (χ3n) is 4.21. The van der Waals surface area contributed by atoms with Crippen LogP contribution in [0.2, 0.25) is 0 Å². The number of hydrogen-bond donors (Lipinski definition) is 1. The van der Waals surface area contributed by atoms with Crippen molar-refractivity contribution in [1.29, 1.82) is 0 Å². The standard InChI is InChI=1S/C15H21F3N4O/c1-8-9(2)19-10(3)20-14(8)21-12-5-6-13(15(16,17)18)22(7-12)11(4)23/h12-13H,5-7H2,1-4H3,(H,19,20,21). The van der Waals surface area contributed by atoms with Crippen molar-refractivity contribution < 1.29 is 18.0 Å². The van der Waals surface area contributed by atoms with Gasteiger partial charge in [0.15, 0.2) is 0 Å². The highest BCUT2D eigenvalue weighted by atomic mass is 19.4. The average molecular weight is 330 g/mol. The summed E-state index contributed by atoms with van der Waals surface area (Å²) in [5.74, 6) is 0.655. The van der Waals surface area contributed by atoms with Gasteiger partial charge < -0.3 is 10.2 Å². The van der Waals surface area contributed by atoms with Gasteiger partial charge in [-0.05, 0) is 33.6 Å². The molecule has 23 heavy (non-hydrogen) atoms.